The predicted molar refractivity (Wildman–Crippen MR) is 142 cm³/mol. The SMILES string of the molecule is COc1ccc(COCC2SCC(OCc3ccc(OC)cc3)C2OCc2ccc(OC)cc2)cc1. The lowest BCUT2D eigenvalue weighted by Crippen LogP contribution is -2.36. The molecule has 0 aromatic heterocycles. The predicted octanol–water partition coefficient (Wildman–Crippen LogP) is 5.52. The van der Waals surface area contributed by atoms with Gasteiger partial charge in [-0.15, -0.1) is 0 Å². The van der Waals surface area contributed by atoms with Crippen molar-refractivity contribution in [2.45, 2.75) is 37.3 Å². The second-order valence-electron chi connectivity index (χ2n) is 8.56. The molecule has 1 aliphatic heterocycles. The topological polar surface area (TPSA) is 55.4 Å². The molecule has 3 aromatic carbocycles. The van der Waals surface area contributed by atoms with Gasteiger partial charge in [-0.05, 0) is 53.1 Å². The van der Waals surface area contributed by atoms with Gasteiger partial charge >= 0.3 is 0 Å². The Balaban J connectivity index is 1.35. The van der Waals surface area contributed by atoms with Crippen molar-refractivity contribution < 1.29 is 28.4 Å². The summed E-state index contributed by atoms with van der Waals surface area (Å²) in [6.45, 7) is 2.17. The molecular formula is C29H34O6S. The highest BCUT2D eigenvalue weighted by Gasteiger charge is 2.38. The number of benzene rings is 3. The number of hydrogen-bond donors (Lipinski definition) is 0. The standard InChI is InChI=1S/C29H34O6S/c1-30-24-10-4-21(5-11-24)16-33-19-28-29(35-18-23-8-14-26(32-3)15-9-23)27(20-36-28)34-17-22-6-12-25(31-2)13-7-22/h4-15,27-29H,16-20H2,1-3H3. The molecule has 1 saturated heterocycles. The van der Waals surface area contributed by atoms with E-state index in [1.54, 1.807) is 21.3 Å². The highest BCUT2D eigenvalue weighted by molar-refractivity contribution is 8.00. The molecule has 6 nitrogen and oxygen atoms in total. The molecule has 0 aliphatic carbocycles. The molecule has 1 aliphatic rings. The highest BCUT2D eigenvalue weighted by atomic mass is 32.2. The normalized spacial score (nSPS) is 19.2. The van der Waals surface area contributed by atoms with Gasteiger partial charge in [-0.1, -0.05) is 36.4 Å². The van der Waals surface area contributed by atoms with Gasteiger partial charge in [0.25, 0.3) is 0 Å². The summed E-state index contributed by atoms with van der Waals surface area (Å²) in [4.78, 5) is 0. The third kappa shape index (κ3) is 7.40. The fourth-order valence-corrected chi connectivity index (χ4v) is 5.36. The molecule has 3 unspecified atom stereocenters. The largest absolute Gasteiger partial charge is 0.497 e. The number of ether oxygens (including phenoxy) is 6. The van der Waals surface area contributed by atoms with Crippen LogP contribution in [0.25, 0.3) is 0 Å². The molecule has 0 bridgehead atoms. The average Bonchev–Trinajstić information content (AvgIpc) is 3.33. The summed E-state index contributed by atoms with van der Waals surface area (Å²) in [5.41, 5.74) is 3.32. The first-order chi connectivity index (χ1) is 17.7. The van der Waals surface area contributed by atoms with Crippen LogP contribution < -0.4 is 14.2 Å². The van der Waals surface area contributed by atoms with Crippen molar-refractivity contribution in [3.63, 3.8) is 0 Å². The summed E-state index contributed by atoms with van der Waals surface area (Å²) < 4.78 is 34.6. The van der Waals surface area contributed by atoms with Crippen molar-refractivity contribution in [3.05, 3.63) is 89.5 Å². The molecule has 4 rings (SSSR count). The number of methoxy groups -OCH3 is 3. The Morgan fingerprint density at radius 2 is 1.06 bits per heavy atom. The van der Waals surface area contributed by atoms with E-state index in [2.05, 4.69) is 0 Å². The zero-order chi connectivity index (χ0) is 25.2. The Morgan fingerprint density at radius 3 is 1.53 bits per heavy atom. The maximum atomic E-state index is 6.44. The number of rotatable bonds is 13. The first-order valence-corrected chi connectivity index (χ1v) is 13.0. The second-order valence-corrected chi connectivity index (χ2v) is 9.83. The van der Waals surface area contributed by atoms with Gasteiger partial charge < -0.3 is 28.4 Å². The fourth-order valence-electron chi connectivity index (χ4n) is 4.00. The lowest BCUT2D eigenvalue weighted by molar-refractivity contribution is -0.0768. The Morgan fingerprint density at radius 1 is 0.611 bits per heavy atom. The summed E-state index contributed by atoms with van der Waals surface area (Å²) in [5, 5.41) is 0.183. The quantitative estimate of drug-likeness (QED) is 0.300. The zero-order valence-electron chi connectivity index (χ0n) is 21.1. The van der Waals surface area contributed by atoms with E-state index in [4.69, 9.17) is 28.4 Å². The lowest BCUT2D eigenvalue weighted by atomic mass is 10.1. The van der Waals surface area contributed by atoms with Crippen molar-refractivity contribution in [2.75, 3.05) is 33.7 Å². The molecule has 0 N–H and O–H groups in total. The van der Waals surface area contributed by atoms with Gasteiger partial charge in [0, 0.05) is 5.75 Å². The summed E-state index contributed by atoms with van der Waals surface area (Å²) >= 11 is 1.85. The summed E-state index contributed by atoms with van der Waals surface area (Å²) in [6.07, 6.45) is -0.101. The number of hydrogen-bond acceptors (Lipinski definition) is 7. The van der Waals surface area contributed by atoms with Crippen molar-refractivity contribution in [1.29, 1.82) is 0 Å². The average molecular weight is 511 g/mol. The van der Waals surface area contributed by atoms with Crippen LogP contribution in [0.3, 0.4) is 0 Å². The smallest absolute Gasteiger partial charge is 0.118 e. The molecule has 1 fully saturated rings. The van der Waals surface area contributed by atoms with Crippen molar-refractivity contribution in [2.24, 2.45) is 0 Å². The van der Waals surface area contributed by atoms with E-state index < -0.39 is 0 Å². The Hall–Kier alpha value is -2.71. The van der Waals surface area contributed by atoms with Gasteiger partial charge in [-0.3, -0.25) is 0 Å². The third-order valence-electron chi connectivity index (χ3n) is 6.14. The van der Waals surface area contributed by atoms with E-state index in [-0.39, 0.29) is 17.5 Å². The van der Waals surface area contributed by atoms with Gasteiger partial charge in [0.15, 0.2) is 0 Å². The molecule has 0 spiro atoms. The van der Waals surface area contributed by atoms with Crippen LogP contribution in [0.15, 0.2) is 72.8 Å². The molecule has 3 atom stereocenters. The molecular weight excluding hydrogens is 476 g/mol. The van der Waals surface area contributed by atoms with Crippen molar-refractivity contribution in [3.8, 4) is 17.2 Å². The molecule has 36 heavy (non-hydrogen) atoms. The van der Waals surface area contributed by atoms with E-state index in [0.29, 0.717) is 26.4 Å². The van der Waals surface area contributed by atoms with Crippen LogP contribution in [0.4, 0.5) is 0 Å². The highest BCUT2D eigenvalue weighted by Crippen LogP contribution is 2.33. The maximum absolute atomic E-state index is 6.44. The summed E-state index contributed by atoms with van der Waals surface area (Å²) in [7, 11) is 5.01. The molecule has 192 valence electrons. The van der Waals surface area contributed by atoms with E-state index in [0.717, 1.165) is 39.7 Å². The van der Waals surface area contributed by atoms with Crippen LogP contribution in [0, 0.1) is 0 Å². The van der Waals surface area contributed by atoms with E-state index in [1.165, 1.54) is 0 Å². The van der Waals surface area contributed by atoms with Crippen molar-refractivity contribution >= 4 is 11.8 Å². The van der Waals surface area contributed by atoms with Crippen LogP contribution >= 0.6 is 11.8 Å². The van der Waals surface area contributed by atoms with Crippen LogP contribution in [0.5, 0.6) is 17.2 Å². The van der Waals surface area contributed by atoms with Gasteiger partial charge in [-0.25, -0.2) is 0 Å². The van der Waals surface area contributed by atoms with E-state index >= 15 is 0 Å². The Kier molecular flexibility index (Phi) is 9.93. The summed E-state index contributed by atoms with van der Waals surface area (Å²) in [5.74, 6) is 3.37. The molecule has 7 heteroatoms. The minimum atomic E-state index is -0.0776. The molecule has 0 radical (unpaired) electrons. The molecule has 1 heterocycles. The van der Waals surface area contributed by atoms with Crippen LogP contribution in [0.2, 0.25) is 0 Å². The molecule has 0 amide bonds. The molecule has 3 aromatic rings. The van der Waals surface area contributed by atoms with Gasteiger partial charge in [0.2, 0.25) is 0 Å². The van der Waals surface area contributed by atoms with Gasteiger partial charge in [0.1, 0.15) is 17.2 Å². The van der Waals surface area contributed by atoms with Gasteiger partial charge in [-0.2, -0.15) is 11.8 Å². The number of thioether (sulfide) groups is 1. The fraction of sp³-hybridized carbons (Fsp3) is 0.379. The minimum absolute atomic E-state index is 0.0232. The van der Waals surface area contributed by atoms with E-state index in [1.807, 2.05) is 84.6 Å². The Bertz CT molecular complexity index is 1040. The first-order valence-electron chi connectivity index (χ1n) is 12.0. The first kappa shape index (κ1) is 26.4. The van der Waals surface area contributed by atoms with Crippen LogP contribution in [0.1, 0.15) is 16.7 Å². The second kappa shape index (κ2) is 13.6. The third-order valence-corrected chi connectivity index (χ3v) is 7.50. The maximum Gasteiger partial charge on any atom is 0.118 e. The van der Waals surface area contributed by atoms with Crippen LogP contribution in [-0.4, -0.2) is 51.1 Å². The lowest BCUT2D eigenvalue weighted by Gasteiger charge is -2.25. The summed E-state index contributed by atoms with van der Waals surface area (Å²) in [6, 6.07) is 23.9. The Labute approximate surface area is 217 Å². The minimum Gasteiger partial charge on any atom is -0.497 e. The molecule has 0 saturated carbocycles. The van der Waals surface area contributed by atoms with Crippen LogP contribution in [-0.2, 0) is 34.0 Å². The zero-order valence-corrected chi connectivity index (χ0v) is 21.9. The monoisotopic (exact) mass is 510 g/mol. The van der Waals surface area contributed by atoms with E-state index in [9.17, 15) is 0 Å². The van der Waals surface area contributed by atoms with Gasteiger partial charge in [0.05, 0.1) is 65.2 Å². The van der Waals surface area contributed by atoms with Crippen molar-refractivity contribution in [1.82, 2.24) is 0 Å².